The smallest absolute Gasteiger partial charge is 0.338 e. The summed E-state index contributed by atoms with van der Waals surface area (Å²) >= 11 is 4.68. The fourth-order valence-corrected chi connectivity index (χ4v) is 6.06. The number of hydrogen-bond acceptors (Lipinski definition) is 8. The number of carbonyl (C=O) groups excluding carboxylic acids is 1. The van der Waals surface area contributed by atoms with Crippen LogP contribution in [0.1, 0.15) is 41.6 Å². The number of halogens is 1. The lowest BCUT2D eigenvalue weighted by Gasteiger charge is -2.25. The van der Waals surface area contributed by atoms with Gasteiger partial charge in [0.05, 0.1) is 45.6 Å². The number of ether oxygens (including phenoxy) is 2. The maximum absolute atomic E-state index is 13.8. The van der Waals surface area contributed by atoms with E-state index in [2.05, 4.69) is 20.9 Å². The van der Waals surface area contributed by atoms with Crippen molar-refractivity contribution in [3.63, 3.8) is 0 Å². The Morgan fingerprint density at radius 2 is 2.00 bits per heavy atom. The van der Waals surface area contributed by atoms with E-state index < -0.39 is 18.0 Å². The third-order valence-corrected chi connectivity index (χ3v) is 7.91. The molecule has 4 aromatic rings. The van der Waals surface area contributed by atoms with E-state index in [-0.39, 0.29) is 23.3 Å². The number of esters is 1. The van der Waals surface area contributed by atoms with Crippen LogP contribution in [-0.2, 0) is 9.53 Å². The fourth-order valence-electron chi connectivity index (χ4n) is 4.48. The maximum atomic E-state index is 13.8. The molecule has 2 aromatic carbocycles. The first-order chi connectivity index (χ1) is 19.2. The molecule has 0 saturated carbocycles. The van der Waals surface area contributed by atoms with E-state index in [9.17, 15) is 19.5 Å². The molecule has 0 radical (unpaired) electrons. The van der Waals surface area contributed by atoms with E-state index in [1.54, 1.807) is 63.4 Å². The van der Waals surface area contributed by atoms with E-state index in [0.717, 1.165) is 0 Å². The maximum Gasteiger partial charge on any atom is 0.338 e. The van der Waals surface area contributed by atoms with Crippen molar-refractivity contribution >= 4 is 45.3 Å². The number of aromatic nitrogens is 1. The minimum atomic E-state index is -1.04. The van der Waals surface area contributed by atoms with Crippen molar-refractivity contribution in [2.75, 3.05) is 13.7 Å². The predicted octanol–water partition coefficient (Wildman–Crippen LogP) is 4.53. The van der Waals surface area contributed by atoms with Gasteiger partial charge in [-0.1, -0.05) is 29.5 Å². The molecule has 0 saturated heterocycles. The summed E-state index contributed by atoms with van der Waals surface area (Å²) in [6.07, 6.45) is 1.61. The van der Waals surface area contributed by atoms with Crippen LogP contribution >= 0.6 is 27.3 Å². The number of carbonyl (C=O) groups is 2. The van der Waals surface area contributed by atoms with Crippen molar-refractivity contribution in [2.24, 2.45) is 4.99 Å². The molecule has 0 unspecified atom stereocenters. The Kier molecular flexibility index (Phi) is 7.59. The number of methoxy groups -OCH3 is 1. The number of carboxylic acid groups (broad SMARTS) is 1. The van der Waals surface area contributed by atoms with Crippen LogP contribution in [0.2, 0.25) is 0 Å². The zero-order valence-corrected chi connectivity index (χ0v) is 24.0. The molecular formula is C29H23BrN2O7S. The Balaban J connectivity index is 1.63. The number of furan rings is 1. The van der Waals surface area contributed by atoms with Gasteiger partial charge in [0.15, 0.2) is 4.80 Å². The number of carboxylic acids is 1. The first-order valence-corrected chi connectivity index (χ1v) is 13.8. The lowest BCUT2D eigenvalue weighted by Crippen LogP contribution is -2.39. The highest BCUT2D eigenvalue weighted by Gasteiger charge is 2.33. The summed E-state index contributed by atoms with van der Waals surface area (Å²) in [5.74, 6) is -0.105. The van der Waals surface area contributed by atoms with E-state index in [0.29, 0.717) is 47.9 Å². The van der Waals surface area contributed by atoms with Crippen LogP contribution in [0, 0.1) is 0 Å². The summed E-state index contributed by atoms with van der Waals surface area (Å²) in [5.41, 5.74) is 1.80. The number of hydrogen-bond donors (Lipinski definition) is 1. The normalized spacial score (nSPS) is 15.0. The molecule has 40 heavy (non-hydrogen) atoms. The lowest BCUT2D eigenvalue weighted by atomic mass is 9.96. The summed E-state index contributed by atoms with van der Waals surface area (Å²) in [6, 6.07) is 14.4. The van der Waals surface area contributed by atoms with Gasteiger partial charge in [0, 0.05) is 11.6 Å². The molecule has 11 heteroatoms. The Labute approximate surface area is 240 Å². The molecule has 5 rings (SSSR count). The molecule has 1 aliphatic rings. The summed E-state index contributed by atoms with van der Waals surface area (Å²) < 4.78 is 19.1. The SMILES string of the molecule is CCOC(=O)C1=C(C)N=c2s/c(=C/c3ccc(-c4cccc(C(=O)O)c4)o3)c(=O)n2[C@H]1c1ccc(OC)c(Br)c1. The lowest BCUT2D eigenvalue weighted by molar-refractivity contribution is -0.139. The van der Waals surface area contributed by atoms with E-state index in [4.69, 9.17) is 13.9 Å². The summed E-state index contributed by atoms with van der Waals surface area (Å²) in [4.78, 5) is 43.2. The largest absolute Gasteiger partial charge is 0.496 e. The van der Waals surface area contributed by atoms with E-state index >= 15 is 0 Å². The van der Waals surface area contributed by atoms with Crippen LogP contribution < -0.4 is 19.6 Å². The third kappa shape index (κ3) is 5.05. The number of thiazole rings is 1. The molecule has 3 heterocycles. The topological polar surface area (TPSA) is 120 Å². The van der Waals surface area contributed by atoms with E-state index in [1.165, 1.54) is 28.0 Å². The predicted molar refractivity (Wildman–Crippen MR) is 152 cm³/mol. The van der Waals surface area contributed by atoms with Gasteiger partial charge >= 0.3 is 11.9 Å². The van der Waals surface area contributed by atoms with Crippen LogP contribution in [0.25, 0.3) is 17.4 Å². The second-order valence-electron chi connectivity index (χ2n) is 8.78. The first kappa shape index (κ1) is 27.4. The Hall–Kier alpha value is -4.22. The Bertz CT molecular complexity index is 1870. The molecule has 0 spiro atoms. The number of rotatable bonds is 7. The van der Waals surface area contributed by atoms with Gasteiger partial charge in [0.2, 0.25) is 0 Å². The number of benzene rings is 2. The monoisotopic (exact) mass is 622 g/mol. The van der Waals surface area contributed by atoms with Gasteiger partial charge in [-0.25, -0.2) is 14.6 Å². The number of allylic oxidation sites excluding steroid dienone is 1. The standard InChI is InChI=1S/C29H23BrN2O7S/c1-4-38-28(36)24-15(2)31-29-32(25(24)17-8-10-22(37-3)20(30)13-17)26(33)23(40-29)14-19-9-11-21(39-19)16-6-5-7-18(12-16)27(34)35/h5-14,25H,4H2,1-3H3,(H,34,35)/b23-14+/t25-/m0/s1. The molecule has 0 bridgehead atoms. The summed E-state index contributed by atoms with van der Waals surface area (Å²) in [6.45, 7) is 3.62. The van der Waals surface area contributed by atoms with E-state index in [1.807, 2.05) is 6.07 Å². The zero-order chi connectivity index (χ0) is 28.6. The van der Waals surface area contributed by atoms with Crippen LogP contribution in [0.5, 0.6) is 5.75 Å². The molecule has 204 valence electrons. The minimum Gasteiger partial charge on any atom is -0.496 e. The van der Waals surface area contributed by atoms with Crippen LogP contribution in [0.4, 0.5) is 0 Å². The summed E-state index contributed by atoms with van der Waals surface area (Å²) in [5, 5.41) is 9.29. The molecule has 1 atom stereocenters. The van der Waals surface area contributed by atoms with Crippen molar-refractivity contribution in [2.45, 2.75) is 19.9 Å². The van der Waals surface area contributed by atoms with Gasteiger partial charge in [-0.2, -0.15) is 0 Å². The number of aromatic carboxylic acids is 1. The third-order valence-electron chi connectivity index (χ3n) is 6.30. The van der Waals surface area contributed by atoms with Gasteiger partial charge in [-0.3, -0.25) is 9.36 Å². The average Bonchev–Trinajstić information content (AvgIpc) is 3.52. The van der Waals surface area contributed by atoms with Crippen LogP contribution in [0.3, 0.4) is 0 Å². The fraction of sp³-hybridized carbons (Fsp3) is 0.172. The average molecular weight is 623 g/mol. The van der Waals surface area contributed by atoms with Gasteiger partial charge in [-0.15, -0.1) is 0 Å². The summed E-state index contributed by atoms with van der Waals surface area (Å²) in [7, 11) is 1.56. The second kappa shape index (κ2) is 11.1. The Morgan fingerprint density at radius 3 is 2.70 bits per heavy atom. The number of fused-ring (bicyclic) bond motifs is 1. The molecule has 0 amide bonds. The van der Waals surface area contributed by atoms with Crippen molar-refractivity contribution < 1.29 is 28.6 Å². The van der Waals surface area contributed by atoms with Gasteiger partial charge in [-0.05, 0) is 71.7 Å². The molecular weight excluding hydrogens is 600 g/mol. The Morgan fingerprint density at radius 1 is 1.20 bits per heavy atom. The van der Waals surface area contributed by atoms with Crippen molar-refractivity contribution in [1.29, 1.82) is 0 Å². The van der Waals surface area contributed by atoms with Gasteiger partial charge in [0.25, 0.3) is 5.56 Å². The molecule has 9 nitrogen and oxygen atoms in total. The quantitative estimate of drug-likeness (QED) is 0.301. The molecule has 1 aliphatic heterocycles. The van der Waals surface area contributed by atoms with Gasteiger partial charge < -0.3 is 19.0 Å². The van der Waals surface area contributed by atoms with Crippen molar-refractivity contribution in [3.05, 3.63) is 107 Å². The van der Waals surface area contributed by atoms with Gasteiger partial charge in [0.1, 0.15) is 17.3 Å². The first-order valence-electron chi connectivity index (χ1n) is 12.2. The highest BCUT2D eigenvalue weighted by Crippen LogP contribution is 2.35. The molecule has 2 aromatic heterocycles. The van der Waals surface area contributed by atoms with Crippen molar-refractivity contribution in [3.8, 4) is 17.1 Å². The highest BCUT2D eigenvalue weighted by atomic mass is 79.9. The minimum absolute atomic E-state index is 0.140. The highest BCUT2D eigenvalue weighted by molar-refractivity contribution is 9.10. The molecule has 0 aliphatic carbocycles. The van der Waals surface area contributed by atoms with Crippen LogP contribution in [-0.4, -0.2) is 35.3 Å². The van der Waals surface area contributed by atoms with Crippen molar-refractivity contribution in [1.82, 2.24) is 4.57 Å². The molecule has 0 fully saturated rings. The zero-order valence-electron chi connectivity index (χ0n) is 21.6. The second-order valence-corrected chi connectivity index (χ2v) is 10.6. The number of nitrogens with zero attached hydrogens (tertiary/aromatic N) is 2. The molecule has 1 N–H and O–H groups in total. The van der Waals surface area contributed by atoms with Crippen LogP contribution in [0.15, 0.2) is 84.5 Å².